The number of nitrogens with one attached hydrogen (secondary N) is 1. The van der Waals surface area contributed by atoms with Crippen molar-refractivity contribution in [3.63, 3.8) is 0 Å². The molecule has 0 saturated heterocycles. The van der Waals surface area contributed by atoms with Gasteiger partial charge in [-0.3, -0.25) is 9.48 Å². The molecular formula is C24H20ClN3O4S. The molecule has 0 bridgehead atoms. The molecular weight excluding hydrogens is 462 g/mol. The Morgan fingerprint density at radius 1 is 1.15 bits per heavy atom. The maximum atomic E-state index is 12.7. The summed E-state index contributed by atoms with van der Waals surface area (Å²) in [5.74, 6) is 2.10. The maximum Gasteiger partial charge on any atom is 0.266 e. The van der Waals surface area contributed by atoms with Crippen LogP contribution >= 0.6 is 22.9 Å². The Labute approximate surface area is 199 Å². The lowest BCUT2D eigenvalue weighted by atomic mass is 10.1. The van der Waals surface area contributed by atoms with Gasteiger partial charge in [-0.05, 0) is 36.1 Å². The number of halogens is 1. The van der Waals surface area contributed by atoms with Crippen molar-refractivity contribution in [2.45, 2.75) is 20.1 Å². The van der Waals surface area contributed by atoms with Crippen LogP contribution in [0.3, 0.4) is 0 Å². The summed E-state index contributed by atoms with van der Waals surface area (Å²) in [7, 11) is 0. The van der Waals surface area contributed by atoms with E-state index in [4.69, 9.17) is 25.8 Å². The zero-order chi connectivity index (χ0) is 22.8. The molecule has 168 valence electrons. The summed E-state index contributed by atoms with van der Waals surface area (Å²) in [6.45, 7) is 3.16. The van der Waals surface area contributed by atoms with E-state index in [1.807, 2.05) is 48.7 Å². The molecule has 0 atom stereocenters. The quantitative estimate of drug-likeness (QED) is 0.376. The van der Waals surface area contributed by atoms with Gasteiger partial charge in [0.15, 0.2) is 17.3 Å². The third kappa shape index (κ3) is 4.97. The summed E-state index contributed by atoms with van der Waals surface area (Å²) < 4.78 is 18.2. The van der Waals surface area contributed by atoms with E-state index < -0.39 is 0 Å². The van der Waals surface area contributed by atoms with Crippen LogP contribution in [0.2, 0.25) is 5.02 Å². The van der Waals surface area contributed by atoms with Gasteiger partial charge in [-0.2, -0.15) is 5.10 Å². The summed E-state index contributed by atoms with van der Waals surface area (Å²) in [6, 6.07) is 15.4. The highest BCUT2D eigenvalue weighted by molar-refractivity contribution is 7.12. The minimum Gasteiger partial charge on any atom is -0.489 e. The molecule has 2 aromatic carbocycles. The van der Waals surface area contributed by atoms with E-state index in [9.17, 15) is 4.79 Å². The van der Waals surface area contributed by atoms with Crippen molar-refractivity contribution in [2.24, 2.45) is 0 Å². The molecule has 1 aliphatic rings. The third-order valence-corrected chi connectivity index (χ3v) is 6.30. The van der Waals surface area contributed by atoms with Gasteiger partial charge in [0, 0.05) is 17.8 Å². The number of carbonyl (C=O) groups is 1. The van der Waals surface area contributed by atoms with E-state index in [-0.39, 0.29) is 12.7 Å². The van der Waals surface area contributed by atoms with Crippen LogP contribution in [0.1, 0.15) is 26.4 Å². The molecule has 0 unspecified atom stereocenters. The SMILES string of the molecule is Cc1ccc(Cn2cc(Cl)c(NC(=O)c3cc(COc4ccc5c(c4)OCO5)cs3)n2)cc1. The minimum absolute atomic E-state index is 0.218. The molecule has 1 aliphatic heterocycles. The third-order valence-electron chi connectivity index (χ3n) is 5.04. The number of aromatic nitrogens is 2. The van der Waals surface area contributed by atoms with Gasteiger partial charge >= 0.3 is 0 Å². The van der Waals surface area contributed by atoms with Crippen molar-refractivity contribution in [3.8, 4) is 17.2 Å². The molecule has 33 heavy (non-hydrogen) atoms. The Hall–Kier alpha value is -3.49. The number of benzene rings is 2. The average Bonchev–Trinajstić information content (AvgIpc) is 3.54. The van der Waals surface area contributed by atoms with Gasteiger partial charge in [0.2, 0.25) is 6.79 Å². The van der Waals surface area contributed by atoms with Gasteiger partial charge in [0.25, 0.3) is 5.91 Å². The van der Waals surface area contributed by atoms with E-state index in [1.165, 1.54) is 16.9 Å². The van der Waals surface area contributed by atoms with Crippen molar-refractivity contribution in [2.75, 3.05) is 12.1 Å². The van der Waals surface area contributed by atoms with E-state index in [2.05, 4.69) is 10.4 Å². The highest BCUT2D eigenvalue weighted by Crippen LogP contribution is 2.35. The predicted molar refractivity (Wildman–Crippen MR) is 127 cm³/mol. The predicted octanol–water partition coefficient (Wildman–Crippen LogP) is 5.51. The van der Waals surface area contributed by atoms with Crippen LogP contribution in [-0.4, -0.2) is 22.5 Å². The summed E-state index contributed by atoms with van der Waals surface area (Å²) in [6.07, 6.45) is 1.70. The first-order valence-corrected chi connectivity index (χ1v) is 11.5. The van der Waals surface area contributed by atoms with Gasteiger partial charge in [-0.1, -0.05) is 41.4 Å². The van der Waals surface area contributed by atoms with E-state index in [0.29, 0.717) is 46.1 Å². The van der Waals surface area contributed by atoms with Crippen LogP contribution in [-0.2, 0) is 13.2 Å². The second-order valence-corrected chi connectivity index (χ2v) is 8.90. The summed E-state index contributed by atoms with van der Waals surface area (Å²) in [5, 5.41) is 9.48. The fourth-order valence-corrected chi connectivity index (χ4v) is 4.31. The van der Waals surface area contributed by atoms with Crippen LogP contribution in [0.15, 0.2) is 60.1 Å². The molecule has 0 fully saturated rings. The van der Waals surface area contributed by atoms with Crippen molar-refractivity contribution in [1.82, 2.24) is 9.78 Å². The maximum absolute atomic E-state index is 12.7. The first-order chi connectivity index (χ1) is 16.0. The Bertz CT molecular complexity index is 1300. The zero-order valence-electron chi connectivity index (χ0n) is 17.7. The largest absolute Gasteiger partial charge is 0.489 e. The molecule has 9 heteroatoms. The Balaban J connectivity index is 1.19. The average molecular weight is 482 g/mol. The second-order valence-electron chi connectivity index (χ2n) is 7.59. The lowest BCUT2D eigenvalue weighted by Crippen LogP contribution is -2.11. The highest BCUT2D eigenvalue weighted by atomic mass is 35.5. The number of fused-ring (bicyclic) bond motifs is 1. The number of amides is 1. The van der Waals surface area contributed by atoms with Crippen LogP contribution in [0.5, 0.6) is 17.2 Å². The number of hydrogen-bond donors (Lipinski definition) is 1. The number of carbonyl (C=O) groups excluding carboxylic acids is 1. The van der Waals surface area contributed by atoms with E-state index in [0.717, 1.165) is 11.1 Å². The number of anilines is 1. The minimum atomic E-state index is -0.267. The van der Waals surface area contributed by atoms with Crippen LogP contribution in [0.25, 0.3) is 0 Å². The molecule has 7 nitrogen and oxygen atoms in total. The first-order valence-electron chi connectivity index (χ1n) is 10.2. The van der Waals surface area contributed by atoms with Gasteiger partial charge in [-0.25, -0.2) is 0 Å². The molecule has 0 saturated carbocycles. The van der Waals surface area contributed by atoms with Crippen LogP contribution in [0.4, 0.5) is 5.82 Å². The standard InChI is InChI=1S/C24H20ClN3O4S/c1-15-2-4-16(5-3-15)10-28-11-19(25)23(27-28)26-24(29)22-8-17(13-33-22)12-30-18-6-7-20-21(9-18)32-14-31-20/h2-9,11,13H,10,12,14H2,1H3,(H,26,27,29). The fourth-order valence-electron chi connectivity index (χ4n) is 3.32. The van der Waals surface area contributed by atoms with Crippen molar-refractivity contribution < 1.29 is 19.0 Å². The smallest absolute Gasteiger partial charge is 0.266 e. The van der Waals surface area contributed by atoms with Crippen molar-refractivity contribution >= 4 is 34.7 Å². The van der Waals surface area contributed by atoms with Crippen LogP contribution < -0.4 is 19.5 Å². The molecule has 0 radical (unpaired) electrons. The zero-order valence-corrected chi connectivity index (χ0v) is 19.3. The number of nitrogens with zero attached hydrogens (tertiary/aromatic N) is 2. The van der Waals surface area contributed by atoms with Gasteiger partial charge < -0.3 is 19.5 Å². The number of rotatable bonds is 7. The molecule has 1 amide bonds. The number of ether oxygens (including phenoxy) is 3. The number of hydrogen-bond acceptors (Lipinski definition) is 6. The Morgan fingerprint density at radius 3 is 2.82 bits per heavy atom. The lowest BCUT2D eigenvalue weighted by Gasteiger charge is -2.05. The Kier molecular flexibility index (Phi) is 5.93. The highest BCUT2D eigenvalue weighted by Gasteiger charge is 2.16. The molecule has 5 rings (SSSR count). The summed E-state index contributed by atoms with van der Waals surface area (Å²) in [4.78, 5) is 13.3. The number of aryl methyl sites for hydroxylation is 1. The van der Waals surface area contributed by atoms with Crippen LogP contribution in [0, 0.1) is 6.92 Å². The first kappa shape index (κ1) is 21.4. The summed E-state index contributed by atoms with van der Waals surface area (Å²) >= 11 is 7.63. The Morgan fingerprint density at radius 2 is 1.97 bits per heavy atom. The number of thiophene rings is 1. The van der Waals surface area contributed by atoms with Gasteiger partial charge in [0.05, 0.1) is 11.4 Å². The van der Waals surface area contributed by atoms with Crippen molar-refractivity contribution in [3.05, 3.63) is 86.7 Å². The molecule has 2 aromatic heterocycles. The van der Waals surface area contributed by atoms with Gasteiger partial charge in [0.1, 0.15) is 17.4 Å². The molecule has 1 N–H and O–H groups in total. The van der Waals surface area contributed by atoms with Crippen molar-refractivity contribution in [1.29, 1.82) is 0 Å². The molecule has 3 heterocycles. The molecule has 0 spiro atoms. The van der Waals surface area contributed by atoms with E-state index >= 15 is 0 Å². The van der Waals surface area contributed by atoms with Gasteiger partial charge in [-0.15, -0.1) is 11.3 Å². The molecule has 4 aromatic rings. The summed E-state index contributed by atoms with van der Waals surface area (Å²) in [5.41, 5.74) is 3.18. The monoisotopic (exact) mass is 481 g/mol. The fraction of sp³-hybridized carbons (Fsp3) is 0.167. The second kappa shape index (κ2) is 9.17. The lowest BCUT2D eigenvalue weighted by molar-refractivity contribution is 0.103. The van der Waals surface area contributed by atoms with E-state index in [1.54, 1.807) is 23.0 Å². The normalized spacial score (nSPS) is 12.1. The topological polar surface area (TPSA) is 74.6 Å². The molecule has 0 aliphatic carbocycles.